The summed E-state index contributed by atoms with van der Waals surface area (Å²) in [6.07, 6.45) is 2.32. The molecule has 2 atom stereocenters. The van der Waals surface area contributed by atoms with E-state index in [1.165, 1.54) is 6.07 Å². The predicted octanol–water partition coefficient (Wildman–Crippen LogP) is 0.911. The number of hydrogen-bond acceptors (Lipinski definition) is 2. The summed E-state index contributed by atoms with van der Waals surface area (Å²) in [5.41, 5.74) is 0.403. The number of rotatable bonds is 1. The number of aromatic nitrogens is 1. The maximum Gasteiger partial charge on any atom is 0.187 e. The summed E-state index contributed by atoms with van der Waals surface area (Å²) in [5, 5.41) is 9.92. The molecule has 2 N–H and O–H groups in total. The first-order valence-corrected chi connectivity index (χ1v) is 4.46. The molecule has 0 amide bonds. The normalized spacial score (nSPS) is 31.8. The Kier molecular flexibility index (Phi) is 1.60. The van der Waals surface area contributed by atoms with Crippen LogP contribution in [0.1, 0.15) is 24.6 Å². The molecule has 0 aromatic carbocycles. The number of aromatic amines is 1. The fraction of sp³-hybridized carbons (Fsp3) is 0.500. The van der Waals surface area contributed by atoms with E-state index in [0.29, 0.717) is 12.0 Å². The van der Waals surface area contributed by atoms with Gasteiger partial charge in [-0.05, 0) is 19.3 Å². The highest BCUT2D eigenvalue weighted by Gasteiger charge is 2.52. The van der Waals surface area contributed by atoms with Gasteiger partial charge in [-0.15, -0.1) is 0 Å². The van der Waals surface area contributed by atoms with Crippen LogP contribution in [-0.4, -0.2) is 10.1 Å². The molecule has 2 rings (SSSR count). The van der Waals surface area contributed by atoms with E-state index in [1.807, 2.05) is 13.8 Å². The van der Waals surface area contributed by atoms with E-state index in [0.717, 1.165) is 5.69 Å². The molecule has 1 heterocycles. The molecule has 1 aliphatic rings. The van der Waals surface area contributed by atoms with Crippen LogP contribution in [-0.2, 0) is 5.60 Å². The van der Waals surface area contributed by atoms with E-state index >= 15 is 0 Å². The predicted molar refractivity (Wildman–Crippen MR) is 49.5 cm³/mol. The molecular weight excluding hydrogens is 166 g/mol. The smallest absolute Gasteiger partial charge is 0.187 e. The van der Waals surface area contributed by atoms with Crippen LogP contribution >= 0.6 is 0 Å². The van der Waals surface area contributed by atoms with Crippen molar-refractivity contribution in [1.29, 1.82) is 0 Å². The van der Waals surface area contributed by atoms with Gasteiger partial charge in [-0.3, -0.25) is 4.79 Å². The molecule has 3 heteroatoms. The van der Waals surface area contributed by atoms with Crippen molar-refractivity contribution < 1.29 is 5.11 Å². The van der Waals surface area contributed by atoms with Crippen molar-refractivity contribution in [3.8, 4) is 0 Å². The fourth-order valence-corrected chi connectivity index (χ4v) is 1.69. The second-order valence-electron chi connectivity index (χ2n) is 3.92. The first-order valence-electron chi connectivity index (χ1n) is 4.46. The average molecular weight is 179 g/mol. The minimum Gasteiger partial charge on any atom is -0.385 e. The Hall–Kier alpha value is -1.09. The molecule has 2 unspecified atom stereocenters. The van der Waals surface area contributed by atoms with Gasteiger partial charge in [-0.2, -0.15) is 0 Å². The molecule has 0 spiro atoms. The molecule has 0 radical (unpaired) electrons. The molecule has 0 aliphatic heterocycles. The van der Waals surface area contributed by atoms with Crippen LogP contribution in [0.25, 0.3) is 0 Å². The average Bonchev–Trinajstić information content (AvgIpc) is 2.59. The molecule has 13 heavy (non-hydrogen) atoms. The first kappa shape index (κ1) is 8.51. The van der Waals surface area contributed by atoms with E-state index < -0.39 is 5.60 Å². The molecule has 70 valence electrons. The summed E-state index contributed by atoms with van der Waals surface area (Å²) in [5.74, 6) is 0.205. The third kappa shape index (κ3) is 1.20. The van der Waals surface area contributed by atoms with Gasteiger partial charge in [0.05, 0.1) is 5.60 Å². The number of nitrogens with one attached hydrogen (secondary N) is 1. The Morgan fingerprint density at radius 2 is 2.31 bits per heavy atom. The number of aryl methyl sites for hydroxylation is 1. The standard InChI is InChI=1S/C10H13NO2/c1-6-4-10(6,13)8-5-11-7(2)3-9(8)12/h3,5-6,13H,4H2,1-2H3,(H,11,12). The summed E-state index contributed by atoms with van der Waals surface area (Å²) in [4.78, 5) is 14.4. The Morgan fingerprint density at radius 3 is 2.77 bits per heavy atom. The molecule has 1 aromatic heterocycles. The first-order chi connectivity index (χ1) is 6.04. The van der Waals surface area contributed by atoms with Crippen LogP contribution in [0.15, 0.2) is 17.1 Å². The largest absolute Gasteiger partial charge is 0.385 e. The van der Waals surface area contributed by atoms with Gasteiger partial charge in [0.1, 0.15) is 0 Å². The van der Waals surface area contributed by atoms with Crippen LogP contribution in [0.3, 0.4) is 0 Å². The Bertz CT molecular complexity index is 396. The Balaban J connectivity index is 2.49. The van der Waals surface area contributed by atoms with E-state index in [9.17, 15) is 9.90 Å². The quantitative estimate of drug-likeness (QED) is 0.673. The lowest BCUT2D eigenvalue weighted by molar-refractivity contribution is 0.133. The van der Waals surface area contributed by atoms with Crippen molar-refractivity contribution in [3.63, 3.8) is 0 Å². The molecule has 1 fully saturated rings. The Morgan fingerprint density at radius 1 is 1.69 bits per heavy atom. The lowest BCUT2D eigenvalue weighted by Gasteiger charge is -2.07. The van der Waals surface area contributed by atoms with Crippen molar-refractivity contribution in [2.75, 3.05) is 0 Å². The summed E-state index contributed by atoms with van der Waals surface area (Å²) in [7, 11) is 0. The van der Waals surface area contributed by atoms with E-state index in [-0.39, 0.29) is 11.3 Å². The third-order valence-electron chi connectivity index (χ3n) is 2.80. The maximum absolute atomic E-state index is 11.5. The Labute approximate surface area is 76.4 Å². The summed E-state index contributed by atoms with van der Waals surface area (Å²) in [6.45, 7) is 3.77. The SMILES string of the molecule is Cc1cc(=O)c(C2(O)CC2C)c[nH]1. The van der Waals surface area contributed by atoms with Crippen molar-refractivity contribution in [3.05, 3.63) is 33.7 Å². The van der Waals surface area contributed by atoms with Crippen molar-refractivity contribution in [2.45, 2.75) is 25.9 Å². The number of pyridine rings is 1. The van der Waals surface area contributed by atoms with Gasteiger partial charge >= 0.3 is 0 Å². The topological polar surface area (TPSA) is 53.1 Å². The van der Waals surface area contributed by atoms with Gasteiger partial charge < -0.3 is 10.1 Å². The highest BCUT2D eigenvalue weighted by atomic mass is 16.3. The van der Waals surface area contributed by atoms with Crippen LogP contribution < -0.4 is 5.43 Å². The lowest BCUT2D eigenvalue weighted by Crippen LogP contribution is -2.20. The maximum atomic E-state index is 11.5. The highest BCUT2D eigenvalue weighted by Crippen LogP contribution is 2.50. The van der Waals surface area contributed by atoms with Crippen LogP contribution in [0.5, 0.6) is 0 Å². The van der Waals surface area contributed by atoms with Crippen LogP contribution in [0.4, 0.5) is 0 Å². The van der Waals surface area contributed by atoms with Crippen LogP contribution in [0.2, 0.25) is 0 Å². The number of aliphatic hydroxyl groups is 1. The van der Waals surface area contributed by atoms with Gasteiger partial charge in [-0.1, -0.05) is 6.92 Å². The monoisotopic (exact) mass is 179 g/mol. The number of H-pyrrole nitrogens is 1. The van der Waals surface area contributed by atoms with Gasteiger partial charge in [0.25, 0.3) is 0 Å². The van der Waals surface area contributed by atoms with E-state index in [1.54, 1.807) is 6.20 Å². The van der Waals surface area contributed by atoms with E-state index in [2.05, 4.69) is 4.98 Å². The molecule has 3 nitrogen and oxygen atoms in total. The van der Waals surface area contributed by atoms with Crippen molar-refractivity contribution in [1.82, 2.24) is 4.98 Å². The third-order valence-corrected chi connectivity index (χ3v) is 2.80. The molecule has 1 aliphatic carbocycles. The molecular formula is C10H13NO2. The molecule has 1 aromatic rings. The fourth-order valence-electron chi connectivity index (χ4n) is 1.69. The summed E-state index contributed by atoms with van der Waals surface area (Å²) < 4.78 is 0. The van der Waals surface area contributed by atoms with Crippen molar-refractivity contribution in [2.24, 2.45) is 5.92 Å². The van der Waals surface area contributed by atoms with Crippen molar-refractivity contribution >= 4 is 0 Å². The number of hydrogen-bond donors (Lipinski definition) is 2. The summed E-state index contributed by atoms with van der Waals surface area (Å²) >= 11 is 0. The zero-order valence-electron chi connectivity index (χ0n) is 7.79. The lowest BCUT2D eigenvalue weighted by atomic mass is 10.1. The van der Waals surface area contributed by atoms with Gasteiger partial charge in [0.15, 0.2) is 5.43 Å². The zero-order valence-corrected chi connectivity index (χ0v) is 7.79. The molecule has 0 saturated heterocycles. The molecule has 1 saturated carbocycles. The molecule has 0 bridgehead atoms. The van der Waals surface area contributed by atoms with Crippen LogP contribution in [0, 0.1) is 12.8 Å². The van der Waals surface area contributed by atoms with Gasteiger partial charge in [0.2, 0.25) is 0 Å². The second kappa shape index (κ2) is 2.45. The van der Waals surface area contributed by atoms with E-state index in [4.69, 9.17) is 0 Å². The minimum absolute atomic E-state index is 0.0666. The second-order valence-corrected chi connectivity index (χ2v) is 3.92. The summed E-state index contributed by atoms with van der Waals surface area (Å²) in [6, 6.07) is 1.53. The minimum atomic E-state index is -0.860. The van der Waals surface area contributed by atoms with Gasteiger partial charge in [-0.25, -0.2) is 0 Å². The van der Waals surface area contributed by atoms with Gasteiger partial charge in [0, 0.05) is 23.5 Å². The zero-order chi connectivity index (χ0) is 9.64. The highest BCUT2D eigenvalue weighted by molar-refractivity contribution is 5.27.